The van der Waals surface area contributed by atoms with Crippen LogP contribution in [0, 0.1) is 12.8 Å². The first kappa shape index (κ1) is 17.8. The zero-order valence-electron chi connectivity index (χ0n) is 14.1. The quantitative estimate of drug-likeness (QED) is 0.788. The van der Waals surface area contributed by atoms with Gasteiger partial charge >= 0.3 is 12.1 Å². The summed E-state index contributed by atoms with van der Waals surface area (Å²) in [6.45, 7) is 9.35. The second-order valence-corrected chi connectivity index (χ2v) is 7.22. The summed E-state index contributed by atoms with van der Waals surface area (Å²) in [6, 6.07) is 2.00. The summed E-state index contributed by atoms with van der Waals surface area (Å²) in [5, 5.41) is 0.382. The summed E-state index contributed by atoms with van der Waals surface area (Å²) in [5.41, 5.74) is 0.318. The number of carbonyl (C=O) groups is 1. The van der Waals surface area contributed by atoms with Crippen molar-refractivity contribution >= 4 is 17.7 Å². The Kier molecular flexibility index (Phi) is 5.68. The van der Waals surface area contributed by atoms with E-state index in [4.69, 9.17) is 21.1 Å². The standard InChI is InChI=1S/C16H24ClN3O3/c1-11-9-13(17)19-14(18-11)22-10-12-5-7-20(8-6-12)15(21)23-16(2,3)4/h9,12H,5-8,10H2,1-4H3. The van der Waals surface area contributed by atoms with Gasteiger partial charge in [-0.05, 0) is 52.5 Å². The van der Waals surface area contributed by atoms with E-state index in [9.17, 15) is 4.79 Å². The number of hydrogen-bond donors (Lipinski definition) is 0. The Morgan fingerprint density at radius 1 is 1.35 bits per heavy atom. The van der Waals surface area contributed by atoms with Gasteiger partial charge in [-0.3, -0.25) is 0 Å². The lowest BCUT2D eigenvalue weighted by Crippen LogP contribution is -2.42. The molecule has 23 heavy (non-hydrogen) atoms. The Hall–Kier alpha value is -1.56. The van der Waals surface area contributed by atoms with Crippen molar-refractivity contribution in [3.05, 3.63) is 16.9 Å². The van der Waals surface area contributed by atoms with E-state index >= 15 is 0 Å². The van der Waals surface area contributed by atoms with Crippen molar-refractivity contribution in [3.63, 3.8) is 0 Å². The van der Waals surface area contributed by atoms with E-state index in [0.29, 0.717) is 36.8 Å². The topological polar surface area (TPSA) is 64.5 Å². The average Bonchev–Trinajstić information content (AvgIpc) is 2.43. The van der Waals surface area contributed by atoms with Gasteiger partial charge in [0.2, 0.25) is 0 Å². The van der Waals surface area contributed by atoms with Crippen LogP contribution in [-0.4, -0.2) is 46.3 Å². The van der Waals surface area contributed by atoms with Gasteiger partial charge in [0.25, 0.3) is 0 Å². The molecular weight excluding hydrogens is 318 g/mol. The van der Waals surface area contributed by atoms with E-state index < -0.39 is 5.60 Å². The van der Waals surface area contributed by atoms with Crippen LogP contribution >= 0.6 is 11.6 Å². The van der Waals surface area contributed by atoms with Crippen LogP contribution in [0.4, 0.5) is 4.79 Å². The average molecular weight is 342 g/mol. The maximum Gasteiger partial charge on any atom is 0.410 e. The number of hydrogen-bond acceptors (Lipinski definition) is 5. The molecule has 0 spiro atoms. The normalized spacial score (nSPS) is 16.3. The molecule has 7 heteroatoms. The van der Waals surface area contributed by atoms with E-state index in [1.807, 2.05) is 27.7 Å². The number of carbonyl (C=O) groups excluding carboxylic acids is 1. The Balaban J connectivity index is 1.77. The minimum absolute atomic E-state index is 0.245. The minimum atomic E-state index is -0.460. The molecule has 0 bridgehead atoms. The maximum atomic E-state index is 12.0. The highest BCUT2D eigenvalue weighted by molar-refractivity contribution is 6.29. The smallest absolute Gasteiger partial charge is 0.410 e. The molecule has 0 unspecified atom stereocenters. The van der Waals surface area contributed by atoms with Crippen LogP contribution in [0.15, 0.2) is 6.07 Å². The molecule has 1 amide bonds. The number of likely N-dealkylation sites (tertiary alicyclic amines) is 1. The Morgan fingerprint density at radius 3 is 2.57 bits per heavy atom. The van der Waals surface area contributed by atoms with Crippen LogP contribution in [0.3, 0.4) is 0 Å². The van der Waals surface area contributed by atoms with Gasteiger partial charge in [-0.25, -0.2) is 9.78 Å². The largest absolute Gasteiger partial charge is 0.463 e. The molecule has 0 aromatic carbocycles. The third kappa shape index (κ3) is 5.86. The summed E-state index contributed by atoms with van der Waals surface area (Å²) in [7, 11) is 0. The third-order valence-electron chi connectivity index (χ3n) is 3.52. The van der Waals surface area contributed by atoms with Gasteiger partial charge < -0.3 is 14.4 Å². The maximum absolute atomic E-state index is 12.0. The second-order valence-electron chi connectivity index (χ2n) is 6.84. The van der Waals surface area contributed by atoms with Crippen molar-refractivity contribution in [2.24, 2.45) is 5.92 Å². The molecule has 0 radical (unpaired) electrons. The molecule has 128 valence electrons. The number of piperidine rings is 1. The molecule has 1 aliphatic heterocycles. The molecular formula is C16H24ClN3O3. The third-order valence-corrected chi connectivity index (χ3v) is 3.71. The molecule has 2 rings (SSSR count). The molecule has 1 aliphatic rings. The van der Waals surface area contributed by atoms with Crippen molar-refractivity contribution in [1.82, 2.24) is 14.9 Å². The number of halogens is 1. The highest BCUT2D eigenvalue weighted by atomic mass is 35.5. The van der Waals surface area contributed by atoms with Gasteiger partial charge in [-0.15, -0.1) is 0 Å². The van der Waals surface area contributed by atoms with Gasteiger partial charge in [-0.2, -0.15) is 4.98 Å². The highest BCUT2D eigenvalue weighted by Crippen LogP contribution is 2.21. The van der Waals surface area contributed by atoms with Gasteiger partial charge in [-0.1, -0.05) is 11.6 Å². The monoisotopic (exact) mass is 341 g/mol. The summed E-state index contributed by atoms with van der Waals surface area (Å²) < 4.78 is 11.0. The van der Waals surface area contributed by atoms with Crippen molar-refractivity contribution in [3.8, 4) is 6.01 Å². The predicted octanol–water partition coefficient (Wildman–Crippen LogP) is 3.46. The molecule has 2 heterocycles. The first-order valence-corrected chi connectivity index (χ1v) is 8.22. The number of ether oxygens (including phenoxy) is 2. The van der Waals surface area contributed by atoms with Gasteiger partial charge in [0, 0.05) is 18.8 Å². The van der Waals surface area contributed by atoms with Crippen LogP contribution in [0.25, 0.3) is 0 Å². The molecule has 1 fully saturated rings. The van der Waals surface area contributed by atoms with Gasteiger partial charge in [0.05, 0.1) is 6.61 Å². The van der Waals surface area contributed by atoms with Crippen LogP contribution in [0.5, 0.6) is 6.01 Å². The number of aromatic nitrogens is 2. The fourth-order valence-electron chi connectivity index (χ4n) is 2.37. The molecule has 0 aliphatic carbocycles. The van der Waals surface area contributed by atoms with Crippen molar-refractivity contribution in [2.45, 2.75) is 46.1 Å². The summed E-state index contributed by atoms with van der Waals surface area (Å²) in [6.07, 6.45) is 1.50. The first-order chi connectivity index (χ1) is 10.7. The zero-order chi connectivity index (χ0) is 17.0. The van der Waals surface area contributed by atoms with E-state index in [1.165, 1.54) is 0 Å². The molecule has 0 N–H and O–H groups in total. The molecule has 0 atom stereocenters. The molecule has 6 nitrogen and oxygen atoms in total. The van der Waals surface area contributed by atoms with Crippen LogP contribution < -0.4 is 4.74 Å². The predicted molar refractivity (Wildman–Crippen MR) is 87.8 cm³/mol. The minimum Gasteiger partial charge on any atom is -0.463 e. The Bertz CT molecular complexity index is 532. The number of amides is 1. The zero-order valence-corrected chi connectivity index (χ0v) is 14.9. The lowest BCUT2D eigenvalue weighted by Gasteiger charge is -2.33. The van der Waals surface area contributed by atoms with E-state index in [0.717, 1.165) is 18.5 Å². The number of aryl methyl sites for hydroxylation is 1. The fourth-order valence-corrected chi connectivity index (χ4v) is 2.60. The van der Waals surface area contributed by atoms with Crippen molar-refractivity contribution < 1.29 is 14.3 Å². The van der Waals surface area contributed by atoms with E-state index in [-0.39, 0.29) is 6.09 Å². The van der Waals surface area contributed by atoms with Gasteiger partial charge in [0.15, 0.2) is 0 Å². The lowest BCUT2D eigenvalue weighted by molar-refractivity contribution is 0.0163. The SMILES string of the molecule is Cc1cc(Cl)nc(OCC2CCN(C(=O)OC(C)(C)C)CC2)n1. The first-order valence-electron chi connectivity index (χ1n) is 7.85. The summed E-state index contributed by atoms with van der Waals surface area (Å²) in [5.74, 6) is 0.372. The fraction of sp³-hybridized carbons (Fsp3) is 0.688. The summed E-state index contributed by atoms with van der Waals surface area (Å²) >= 11 is 5.89. The lowest BCUT2D eigenvalue weighted by atomic mass is 9.98. The summed E-state index contributed by atoms with van der Waals surface area (Å²) in [4.78, 5) is 22.0. The number of rotatable bonds is 3. The Morgan fingerprint density at radius 2 is 2.00 bits per heavy atom. The molecule has 0 saturated carbocycles. The van der Waals surface area contributed by atoms with Gasteiger partial charge in [0.1, 0.15) is 10.8 Å². The molecule has 1 saturated heterocycles. The van der Waals surface area contributed by atoms with Crippen molar-refractivity contribution in [2.75, 3.05) is 19.7 Å². The molecule has 1 aromatic rings. The van der Waals surface area contributed by atoms with E-state index in [1.54, 1.807) is 11.0 Å². The number of nitrogens with zero attached hydrogens (tertiary/aromatic N) is 3. The van der Waals surface area contributed by atoms with Crippen molar-refractivity contribution in [1.29, 1.82) is 0 Å². The Labute approximate surface area is 142 Å². The van der Waals surface area contributed by atoms with Crippen LogP contribution in [-0.2, 0) is 4.74 Å². The van der Waals surface area contributed by atoms with E-state index in [2.05, 4.69) is 9.97 Å². The molecule has 1 aromatic heterocycles. The van der Waals surface area contributed by atoms with Crippen LogP contribution in [0.2, 0.25) is 5.15 Å². The highest BCUT2D eigenvalue weighted by Gasteiger charge is 2.27. The second kappa shape index (κ2) is 7.34. The van der Waals surface area contributed by atoms with Crippen LogP contribution in [0.1, 0.15) is 39.3 Å².